The standard InChI is InChI=1S/C27H31F3N6O3/c1-16(2)36-24-21-13-18(5-8-23(21)32-33-25(24)34(4)26(36)37)19-6-7-22(31-14-19)17(3)38-12-11-35-10-9-20(15-35)39-27(28,29)30/h5-8,13-14,16-17,20H,9-12,15H2,1-4H3/t17-,20?/m1/s1. The molecular weight excluding hydrogens is 513 g/mol. The Morgan fingerprint density at radius 3 is 2.56 bits per heavy atom. The number of benzene rings is 1. The van der Waals surface area contributed by atoms with Crippen molar-refractivity contribution in [3.63, 3.8) is 0 Å². The smallest absolute Gasteiger partial charge is 0.371 e. The van der Waals surface area contributed by atoms with Crippen LogP contribution in [0.2, 0.25) is 0 Å². The largest absolute Gasteiger partial charge is 0.522 e. The van der Waals surface area contributed by atoms with Crippen molar-refractivity contribution in [2.75, 3.05) is 26.2 Å². The van der Waals surface area contributed by atoms with Crippen LogP contribution in [-0.4, -0.2) is 67.9 Å². The van der Waals surface area contributed by atoms with Crippen molar-refractivity contribution in [1.29, 1.82) is 0 Å². The van der Waals surface area contributed by atoms with Crippen LogP contribution >= 0.6 is 0 Å². The predicted molar refractivity (Wildman–Crippen MR) is 140 cm³/mol. The second-order valence-corrected chi connectivity index (χ2v) is 10.2. The molecule has 1 unspecified atom stereocenters. The summed E-state index contributed by atoms with van der Waals surface area (Å²) in [6.45, 7) is 7.51. The first-order valence-electron chi connectivity index (χ1n) is 12.9. The number of hydrogen-bond acceptors (Lipinski definition) is 7. The van der Waals surface area contributed by atoms with Gasteiger partial charge in [-0.1, -0.05) is 12.1 Å². The van der Waals surface area contributed by atoms with Crippen LogP contribution in [0, 0.1) is 0 Å². The normalized spacial score (nSPS) is 17.6. The van der Waals surface area contributed by atoms with E-state index in [4.69, 9.17) is 4.74 Å². The molecule has 39 heavy (non-hydrogen) atoms. The minimum Gasteiger partial charge on any atom is -0.371 e. The Labute approximate surface area is 223 Å². The van der Waals surface area contributed by atoms with E-state index in [0.717, 1.165) is 27.7 Å². The van der Waals surface area contributed by atoms with Crippen LogP contribution in [0.25, 0.3) is 33.2 Å². The summed E-state index contributed by atoms with van der Waals surface area (Å²) >= 11 is 0. The third-order valence-electron chi connectivity index (χ3n) is 7.12. The first kappa shape index (κ1) is 27.2. The Morgan fingerprint density at radius 1 is 1.10 bits per heavy atom. The van der Waals surface area contributed by atoms with E-state index in [9.17, 15) is 18.0 Å². The van der Waals surface area contributed by atoms with Gasteiger partial charge >= 0.3 is 12.1 Å². The zero-order valence-electron chi connectivity index (χ0n) is 22.3. The average molecular weight is 545 g/mol. The molecule has 0 aliphatic carbocycles. The molecule has 0 saturated carbocycles. The van der Waals surface area contributed by atoms with E-state index in [1.54, 1.807) is 17.8 Å². The van der Waals surface area contributed by atoms with Crippen LogP contribution in [0.15, 0.2) is 41.3 Å². The summed E-state index contributed by atoms with van der Waals surface area (Å²) < 4.78 is 50.5. The molecule has 1 fully saturated rings. The molecule has 2 atom stereocenters. The van der Waals surface area contributed by atoms with E-state index in [1.165, 1.54) is 4.57 Å². The SMILES string of the molecule is CC(C)n1c(=O)n(C)c2nnc3ccc(-c4ccc([C@@H](C)OCCN5CCC(OC(F)(F)F)C5)nc4)cc3c21. The number of ether oxygens (including phenoxy) is 2. The van der Waals surface area contributed by atoms with Gasteiger partial charge in [0.1, 0.15) is 5.52 Å². The minimum atomic E-state index is -4.60. The van der Waals surface area contributed by atoms with Crippen molar-refractivity contribution < 1.29 is 22.6 Å². The fraction of sp³-hybridized carbons (Fsp3) is 0.481. The number of aryl methyl sites for hydroxylation is 1. The van der Waals surface area contributed by atoms with Crippen molar-refractivity contribution in [3.8, 4) is 11.1 Å². The van der Waals surface area contributed by atoms with Crippen molar-refractivity contribution in [1.82, 2.24) is 29.2 Å². The fourth-order valence-corrected chi connectivity index (χ4v) is 5.10. The number of fused-ring (bicyclic) bond motifs is 3. The third-order valence-corrected chi connectivity index (χ3v) is 7.12. The molecule has 4 heterocycles. The molecular formula is C27H31F3N6O3. The Morgan fingerprint density at radius 2 is 1.87 bits per heavy atom. The lowest BCUT2D eigenvalue weighted by Gasteiger charge is -2.19. The number of halogens is 3. The molecule has 5 rings (SSSR count). The molecule has 12 heteroatoms. The van der Waals surface area contributed by atoms with Crippen molar-refractivity contribution in [2.45, 2.75) is 51.8 Å². The first-order valence-corrected chi connectivity index (χ1v) is 12.9. The maximum Gasteiger partial charge on any atom is 0.522 e. The second kappa shape index (κ2) is 10.7. The average Bonchev–Trinajstić information content (AvgIpc) is 3.43. The second-order valence-electron chi connectivity index (χ2n) is 10.2. The van der Waals surface area contributed by atoms with Gasteiger partial charge in [-0.2, -0.15) is 0 Å². The molecule has 0 spiro atoms. The molecule has 9 nitrogen and oxygen atoms in total. The van der Waals surface area contributed by atoms with Crippen LogP contribution in [0.5, 0.6) is 0 Å². The van der Waals surface area contributed by atoms with Gasteiger partial charge in [-0.05, 0) is 51.0 Å². The van der Waals surface area contributed by atoms with Crippen molar-refractivity contribution in [3.05, 3.63) is 52.7 Å². The number of alkyl halides is 3. The van der Waals surface area contributed by atoms with Crippen LogP contribution in [-0.2, 0) is 16.5 Å². The Bertz CT molecular complexity index is 1530. The van der Waals surface area contributed by atoms with Gasteiger partial charge in [0, 0.05) is 49.9 Å². The number of imidazole rings is 1. The maximum atomic E-state index is 12.8. The number of rotatable bonds is 8. The van der Waals surface area contributed by atoms with Gasteiger partial charge in [-0.25, -0.2) is 4.79 Å². The number of likely N-dealkylation sites (tertiary alicyclic amines) is 1. The van der Waals surface area contributed by atoms with Gasteiger partial charge in [-0.3, -0.25) is 23.8 Å². The number of aromatic nitrogens is 5. The molecule has 0 amide bonds. The summed E-state index contributed by atoms with van der Waals surface area (Å²) in [5.41, 5.74) is 4.45. The molecule has 1 saturated heterocycles. The Kier molecular flexibility index (Phi) is 7.45. The van der Waals surface area contributed by atoms with Gasteiger partial charge in [0.25, 0.3) is 0 Å². The monoisotopic (exact) mass is 544 g/mol. The summed E-state index contributed by atoms with van der Waals surface area (Å²) in [5, 5.41) is 9.44. The lowest BCUT2D eigenvalue weighted by atomic mass is 10.0. The van der Waals surface area contributed by atoms with Gasteiger partial charge in [0.15, 0.2) is 5.65 Å². The molecule has 0 radical (unpaired) electrons. The van der Waals surface area contributed by atoms with E-state index in [2.05, 4.69) is 19.9 Å². The molecule has 208 valence electrons. The molecule has 1 aliphatic heterocycles. The van der Waals surface area contributed by atoms with Gasteiger partial charge in [0.05, 0.1) is 30.0 Å². The van der Waals surface area contributed by atoms with E-state index in [0.29, 0.717) is 37.3 Å². The van der Waals surface area contributed by atoms with E-state index in [1.807, 2.05) is 56.0 Å². The predicted octanol–water partition coefficient (Wildman–Crippen LogP) is 4.61. The molecule has 0 N–H and O–H groups in total. The molecule has 4 aromatic rings. The highest BCUT2D eigenvalue weighted by Crippen LogP contribution is 2.29. The van der Waals surface area contributed by atoms with Crippen LogP contribution in [0.4, 0.5) is 13.2 Å². The highest BCUT2D eigenvalue weighted by atomic mass is 19.4. The van der Waals surface area contributed by atoms with E-state index < -0.39 is 12.5 Å². The summed E-state index contributed by atoms with van der Waals surface area (Å²) in [5.74, 6) is 0. The number of hydrogen-bond donors (Lipinski definition) is 0. The lowest BCUT2D eigenvalue weighted by molar-refractivity contribution is -0.340. The van der Waals surface area contributed by atoms with E-state index in [-0.39, 0.29) is 24.4 Å². The zero-order valence-corrected chi connectivity index (χ0v) is 22.3. The number of pyridine rings is 1. The molecule has 0 bridgehead atoms. The maximum absolute atomic E-state index is 12.8. The Hall–Kier alpha value is -3.35. The first-order chi connectivity index (χ1) is 18.5. The summed E-state index contributed by atoms with van der Waals surface area (Å²) in [6.07, 6.45) is -3.57. The quantitative estimate of drug-likeness (QED) is 0.320. The van der Waals surface area contributed by atoms with Crippen LogP contribution < -0.4 is 5.69 Å². The molecule has 3 aromatic heterocycles. The fourth-order valence-electron chi connectivity index (χ4n) is 5.10. The van der Waals surface area contributed by atoms with Gasteiger partial charge < -0.3 is 4.74 Å². The van der Waals surface area contributed by atoms with Crippen LogP contribution in [0.3, 0.4) is 0 Å². The third kappa shape index (κ3) is 5.68. The highest BCUT2D eigenvalue weighted by Gasteiger charge is 2.36. The van der Waals surface area contributed by atoms with Crippen molar-refractivity contribution in [2.24, 2.45) is 7.05 Å². The number of nitrogens with zero attached hydrogens (tertiary/aromatic N) is 6. The minimum absolute atomic E-state index is 0.0418. The van der Waals surface area contributed by atoms with Crippen molar-refractivity contribution >= 4 is 22.1 Å². The lowest BCUT2D eigenvalue weighted by Crippen LogP contribution is -2.30. The highest BCUT2D eigenvalue weighted by molar-refractivity contribution is 6.02. The molecule has 1 aromatic carbocycles. The Balaban J connectivity index is 1.27. The van der Waals surface area contributed by atoms with Gasteiger partial charge in [-0.15, -0.1) is 23.4 Å². The topological polar surface area (TPSA) is 87.3 Å². The summed E-state index contributed by atoms with van der Waals surface area (Å²) in [6, 6.07) is 9.68. The summed E-state index contributed by atoms with van der Waals surface area (Å²) in [4.78, 5) is 19.3. The van der Waals surface area contributed by atoms with Crippen LogP contribution in [0.1, 0.15) is 45.0 Å². The summed E-state index contributed by atoms with van der Waals surface area (Å²) in [7, 11) is 1.70. The molecule has 1 aliphatic rings. The van der Waals surface area contributed by atoms with E-state index >= 15 is 0 Å². The zero-order chi connectivity index (χ0) is 27.9. The van der Waals surface area contributed by atoms with Gasteiger partial charge in [0.2, 0.25) is 0 Å².